The monoisotopic (exact) mass is 253 g/mol. The van der Waals surface area contributed by atoms with Crippen molar-refractivity contribution in [3.05, 3.63) is 28.3 Å². The number of rotatable bonds is 5. The molecule has 0 spiro atoms. The Kier molecular flexibility index (Phi) is 4.44. The first kappa shape index (κ1) is 13.7. The number of benzene rings is 1. The van der Waals surface area contributed by atoms with Crippen LogP contribution in [0.15, 0.2) is 18.2 Å². The molecule has 1 atom stereocenters. The normalized spacial score (nSPS) is 11.5. The highest BCUT2D eigenvalue weighted by molar-refractivity contribution is 5.84. The Balaban J connectivity index is 2.98. The number of hydrogen-bond acceptors (Lipinski definition) is 6. The van der Waals surface area contributed by atoms with Crippen LogP contribution in [-0.4, -0.2) is 23.9 Å². The number of nitrogen functional groups attached to an aromatic ring is 1. The molecule has 18 heavy (non-hydrogen) atoms. The number of likely N-dealkylation sites (N-methyl/N-ethyl adjacent to an activating group) is 1. The molecule has 98 valence electrons. The summed E-state index contributed by atoms with van der Waals surface area (Å²) in [5.41, 5.74) is 3.04. The van der Waals surface area contributed by atoms with Gasteiger partial charge in [-0.1, -0.05) is 0 Å². The van der Waals surface area contributed by atoms with Gasteiger partial charge in [0.15, 0.2) is 0 Å². The van der Waals surface area contributed by atoms with Crippen LogP contribution in [0, 0.1) is 10.1 Å². The summed E-state index contributed by atoms with van der Waals surface area (Å²) in [5, 5.41) is 16.1. The van der Waals surface area contributed by atoms with Crippen molar-refractivity contribution in [1.82, 2.24) is 5.32 Å². The molecule has 1 amide bonds. The van der Waals surface area contributed by atoms with Gasteiger partial charge in [0, 0.05) is 24.9 Å². The number of nitro benzene ring substituents is 1. The van der Waals surface area contributed by atoms with Crippen molar-refractivity contribution >= 4 is 23.0 Å². The number of carbonyl (C=O) groups is 1. The second-order valence-electron chi connectivity index (χ2n) is 3.65. The van der Waals surface area contributed by atoms with E-state index in [2.05, 4.69) is 16.1 Å². The Labute approximate surface area is 104 Å². The molecule has 0 saturated carbocycles. The standard InChI is InChI=1S/C10H15N5O3/c1-6(10(16)12-2)13-7-3-8(14-11)5-9(4-7)15(17)18/h3-6,13-14H,11H2,1-2H3,(H,12,16). The first-order chi connectivity index (χ1) is 8.47. The van der Waals surface area contributed by atoms with Gasteiger partial charge in [0.2, 0.25) is 5.91 Å². The van der Waals surface area contributed by atoms with Crippen LogP contribution in [0.3, 0.4) is 0 Å². The van der Waals surface area contributed by atoms with E-state index in [4.69, 9.17) is 5.84 Å². The number of amides is 1. The average molecular weight is 253 g/mol. The lowest BCUT2D eigenvalue weighted by Crippen LogP contribution is -2.35. The zero-order valence-corrected chi connectivity index (χ0v) is 10.1. The molecule has 8 nitrogen and oxygen atoms in total. The molecule has 0 saturated heterocycles. The number of anilines is 2. The van der Waals surface area contributed by atoms with Crippen molar-refractivity contribution in [1.29, 1.82) is 0 Å². The summed E-state index contributed by atoms with van der Waals surface area (Å²) in [4.78, 5) is 21.5. The smallest absolute Gasteiger partial charge is 0.273 e. The number of nitrogens with two attached hydrogens (primary N) is 1. The Morgan fingerprint density at radius 1 is 1.39 bits per heavy atom. The fraction of sp³-hybridized carbons (Fsp3) is 0.300. The first-order valence-corrected chi connectivity index (χ1v) is 5.22. The van der Waals surface area contributed by atoms with Crippen LogP contribution in [-0.2, 0) is 4.79 Å². The number of carbonyl (C=O) groups excluding carboxylic acids is 1. The van der Waals surface area contributed by atoms with Gasteiger partial charge in [0.1, 0.15) is 6.04 Å². The molecule has 0 fully saturated rings. The van der Waals surface area contributed by atoms with Gasteiger partial charge in [-0.05, 0) is 13.0 Å². The fourth-order valence-corrected chi connectivity index (χ4v) is 1.42. The third kappa shape index (κ3) is 3.32. The number of hydrogen-bond donors (Lipinski definition) is 4. The van der Waals surface area contributed by atoms with Gasteiger partial charge in [-0.25, -0.2) is 0 Å². The van der Waals surface area contributed by atoms with Crippen molar-refractivity contribution in [2.75, 3.05) is 17.8 Å². The number of nitro groups is 1. The van der Waals surface area contributed by atoms with E-state index in [9.17, 15) is 14.9 Å². The molecule has 0 heterocycles. The van der Waals surface area contributed by atoms with Gasteiger partial charge < -0.3 is 16.1 Å². The van der Waals surface area contributed by atoms with Gasteiger partial charge in [-0.2, -0.15) is 0 Å². The maximum absolute atomic E-state index is 11.3. The number of non-ortho nitro benzene ring substituents is 1. The van der Waals surface area contributed by atoms with Gasteiger partial charge in [0.25, 0.3) is 5.69 Å². The lowest BCUT2D eigenvalue weighted by molar-refractivity contribution is -0.384. The van der Waals surface area contributed by atoms with Crippen LogP contribution >= 0.6 is 0 Å². The predicted octanol–water partition coefficient (Wildman–Crippen LogP) is 0.427. The number of nitrogens with zero attached hydrogens (tertiary/aromatic N) is 1. The van der Waals surface area contributed by atoms with Crippen molar-refractivity contribution in [2.24, 2.45) is 5.84 Å². The average Bonchev–Trinajstić information content (AvgIpc) is 2.36. The summed E-state index contributed by atoms with van der Waals surface area (Å²) in [6.45, 7) is 1.65. The van der Waals surface area contributed by atoms with Crippen LogP contribution in [0.1, 0.15) is 6.92 Å². The molecular formula is C10H15N5O3. The zero-order valence-electron chi connectivity index (χ0n) is 10.1. The number of hydrazine groups is 1. The van der Waals surface area contributed by atoms with Crippen molar-refractivity contribution < 1.29 is 9.72 Å². The van der Waals surface area contributed by atoms with Gasteiger partial charge in [-0.3, -0.25) is 20.8 Å². The van der Waals surface area contributed by atoms with E-state index in [0.717, 1.165) is 0 Å². The molecule has 0 aliphatic rings. The summed E-state index contributed by atoms with van der Waals surface area (Å²) < 4.78 is 0. The molecule has 5 N–H and O–H groups in total. The highest BCUT2D eigenvalue weighted by Crippen LogP contribution is 2.24. The minimum atomic E-state index is -0.531. The summed E-state index contributed by atoms with van der Waals surface area (Å²) in [5.74, 6) is 5.01. The fourth-order valence-electron chi connectivity index (χ4n) is 1.42. The van der Waals surface area contributed by atoms with Gasteiger partial charge in [0.05, 0.1) is 10.6 Å². The molecule has 1 unspecified atom stereocenters. The lowest BCUT2D eigenvalue weighted by Gasteiger charge is -2.14. The van der Waals surface area contributed by atoms with E-state index in [1.165, 1.54) is 19.2 Å². The van der Waals surface area contributed by atoms with Crippen LogP contribution in [0.2, 0.25) is 0 Å². The maximum Gasteiger partial charge on any atom is 0.273 e. The highest BCUT2D eigenvalue weighted by atomic mass is 16.6. The Hall–Kier alpha value is -2.35. The first-order valence-electron chi connectivity index (χ1n) is 5.22. The Morgan fingerprint density at radius 3 is 2.50 bits per heavy atom. The van der Waals surface area contributed by atoms with Crippen LogP contribution in [0.5, 0.6) is 0 Å². The molecule has 1 rings (SSSR count). The second-order valence-corrected chi connectivity index (χ2v) is 3.65. The molecule has 0 aliphatic carbocycles. The topological polar surface area (TPSA) is 122 Å². The van der Waals surface area contributed by atoms with E-state index in [1.54, 1.807) is 13.0 Å². The van der Waals surface area contributed by atoms with E-state index < -0.39 is 11.0 Å². The SMILES string of the molecule is CNC(=O)C(C)Nc1cc(NN)cc([N+](=O)[O-])c1. The third-order valence-electron chi connectivity index (χ3n) is 2.32. The Bertz CT molecular complexity index is 463. The molecule has 0 bridgehead atoms. The van der Waals surface area contributed by atoms with E-state index >= 15 is 0 Å². The van der Waals surface area contributed by atoms with Gasteiger partial charge >= 0.3 is 0 Å². The molecule has 1 aromatic carbocycles. The van der Waals surface area contributed by atoms with Crippen LogP contribution in [0.25, 0.3) is 0 Å². The van der Waals surface area contributed by atoms with Crippen molar-refractivity contribution in [2.45, 2.75) is 13.0 Å². The van der Waals surface area contributed by atoms with E-state index in [1.807, 2.05) is 0 Å². The van der Waals surface area contributed by atoms with Crippen LogP contribution in [0.4, 0.5) is 17.1 Å². The summed E-state index contributed by atoms with van der Waals surface area (Å²) in [6, 6.07) is 3.70. The number of nitrogens with one attached hydrogen (secondary N) is 3. The van der Waals surface area contributed by atoms with Crippen LogP contribution < -0.4 is 21.9 Å². The summed E-state index contributed by atoms with van der Waals surface area (Å²) in [7, 11) is 1.51. The lowest BCUT2D eigenvalue weighted by atomic mass is 10.2. The molecular weight excluding hydrogens is 238 g/mol. The third-order valence-corrected chi connectivity index (χ3v) is 2.32. The zero-order chi connectivity index (χ0) is 13.7. The minimum Gasteiger partial charge on any atom is -0.374 e. The summed E-state index contributed by atoms with van der Waals surface area (Å²) in [6.07, 6.45) is 0. The molecule has 0 aliphatic heterocycles. The largest absolute Gasteiger partial charge is 0.374 e. The van der Waals surface area contributed by atoms with Gasteiger partial charge in [-0.15, -0.1) is 0 Å². The molecule has 1 aromatic rings. The highest BCUT2D eigenvalue weighted by Gasteiger charge is 2.14. The Morgan fingerprint density at radius 2 is 2.00 bits per heavy atom. The molecule has 0 radical (unpaired) electrons. The van der Waals surface area contributed by atoms with Crippen molar-refractivity contribution in [3.8, 4) is 0 Å². The quantitative estimate of drug-likeness (QED) is 0.343. The van der Waals surface area contributed by atoms with Crippen molar-refractivity contribution in [3.63, 3.8) is 0 Å². The minimum absolute atomic E-state index is 0.114. The molecule has 8 heteroatoms. The molecule has 0 aromatic heterocycles. The van der Waals surface area contributed by atoms with E-state index in [0.29, 0.717) is 11.4 Å². The van der Waals surface area contributed by atoms with E-state index in [-0.39, 0.29) is 11.6 Å². The summed E-state index contributed by atoms with van der Waals surface area (Å²) >= 11 is 0. The maximum atomic E-state index is 11.3. The second kappa shape index (κ2) is 5.82. The predicted molar refractivity (Wildman–Crippen MR) is 68.1 cm³/mol.